The lowest BCUT2D eigenvalue weighted by atomic mass is 10.1. The van der Waals surface area contributed by atoms with E-state index in [1.165, 1.54) is 0 Å². The van der Waals surface area contributed by atoms with Crippen molar-refractivity contribution in [3.05, 3.63) is 12.3 Å². The third-order valence-corrected chi connectivity index (χ3v) is 5.65. The van der Waals surface area contributed by atoms with Crippen molar-refractivity contribution in [2.75, 3.05) is 6.61 Å². The van der Waals surface area contributed by atoms with Crippen molar-refractivity contribution in [2.45, 2.75) is 103 Å². The Morgan fingerprint density at radius 3 is 2.48 bits per heavy atom. The first kappa shape index (κ1) is 24.8. The van der Waals surface area contributed by atoms with E-state index in [2.05, 4.69) is 6.58 Å². The normalized spacial score (nSPS) is 37.2. The largest absolute Gasteiger partial charge is 0.746 e. The maximum atomic E-state index is 12.5. The molecule has 2 fully saturated rings. The van der Waals surface area contributed by atoms with Crippen molar-refractivity contribution in [1.29, 1.82) is 0 Å². The number of aliphatic hydroxyl groups is 1. The monoisotopic (exact) mass is 437 g/mol. The molecule has 2 aliphatic rings. The summed E-state index contributed by atoms with van der Waals surface area (Å²) < 4.78 is 45.3. The number of phosphoric acid groups is 1. The highest BCUT2D eigenvalue weighted by Gasteiger charge is 2.45. The first-order chi connectivity index (χ1) is 13.4. The first-order valence-corrected chi connectivity index (χ1v) is 11.5. The summed E-state index contributed by atoms with van der Waals surface area (Å²) >= 11 is 0. The van der Waals surface area contributed by atoms with Crippen molar-refractivity contribution < 1.29 is 42.6 Å². The summed E-state index contributed by atoms with van der Waals surface area (Å²) in [4.78, 5) is 12.5. The Morgan fingerprint density at radius 1 is 1.24 bits per heavy atom. The topological polar surface area (TPSA) is 116 Å². The summed E-state index contributed by atoms with van der Waals surface area (Å²) in [6.07, 6.45) is -4.42. The number of hydrogen-bond acceptors (Lipinski definition) is 9. The molecule has 3 unspecified atom stereocenters. The van der Waals surface area contributed by atoms with Gasteiger partial charge in [0.1, 0.15) is 30.2 Å². The Bertz CT molecular complexity index is 596. The molecule has 170 valence electrons. The molecule has 2 rings (SSSR count). The average molecular weight is 437 g/mol. The summed E-state index contributed by atoms with van der Waals surface area (Å²) in [7, 11) is -4.86. The highest BCUT2D eigenvalue weighted by molar-refractivity contribution is 7.46. The predicted molar refractivity (Wildman–Crippen MR) is 103 cm³/mol. The molecule has 2 saturated heterocycles. The second-order valence-corrected chi connectivity index (χ2v) is 9.44. The molecule has 9 nitrogen and oxygen atoms in total. The third kappa shape index (κ3) is 7.01. The molecule has 0 bridgehead atoms. The van der Waals surface area contributed by atoms with Crippen molar-refractivity contribution in [1.82, 2.24) is 0 Å². The highest BCUT2D eigenvalue weighted by atomic mass is 31.2. The van der Waals surface area contributed by atoms with Crippen LogP contribution in [0, 0.1) is 0 Å². The van der Waals surface area contributed by atoms with Gasteiger partial charge in [0, 0.05) is 6.42 Å². The van der Waals surface area contributed by atoms with Crippen molar-refractivity contribution in [3.8, 4) is 0 Å². The fourth-order valence-corrected chi connectivity index (χ4v) is 4.44. The van der Waals surface area contributed by atoms with Gasteiger partial charge in [-0.2, -0.15) is 0 Å². The molecule has 10 heteroatoms. The van der Waals surface area contributed by atoms with E-state index in [9.17, 15) is 14.6 Å². The maximum absolute atomic E-state index is 12.5. The molecule has 0 spiro atoms. The fourth-order valence-electron chi connectivity index (χ4n) is 3.44. The molecule has 2 heterocycles. The van der Waals surface area contributed by atoms with Crippen molar-refractivity contribution in [2.24, 2.45) is 0 Å². The van der Waals surface area contributed by atoms with Crippen LogP contribution in [-0.4, -0.2) is 66.6 Å². The first-order valence-electron chi connectivity index (χ1n) is 10.0. The summed E-state index contributed by atoms with van der Waals surface area (Å²) in [5.74, 6) is -0.116. The SMILES string of the molecule is C=C(OP(=O)([O-])OC1[C@@H](COC(C)C)O[C@@H](C)[C@H]1O)[C@H]1O[C@@H](C)CC1OC(C)C. The maximum Gasteiger partial charge on any atom is 0.319 e. The molecule has 0 aromatic carbocycles. The molecule has 8 atom stereocenters. The van der Waals surface area contributed by atoms with Crippen LogP contribution in [-0.2, 0) is 32.6 Å². The van der Waals surface area contributed by atoms with Crippen LogP contribution >= 0.6 is 7.82 Å². The molecule has 0 radical (unpaired) electrons. The molecular weight excluding hydrogens is 403 g/mol. The molecule has 0 amide bonds. The summed E-state index contributed by atoms with van der Waals surface area (Å²) in [5.41, 5.74) is 0. The van der Waals surface area contributed by atoms with Crippen molar-refractivity contribution >= 4 is 7.82 Å². The molecular formula is C19H34O9P-. The van der Waals surface area contributed by atoms with E-state index >= 15 is 0 Å². The quantitative estimate of drug-likeness (QED) is 0.404. The van der Waals surface area contributed by atoms with Gasteiger partial charge in [-0.25, -0.2) is 0 Å². The Hall–Kier alpha value is -0.510. The standard InChI is InChI=1S/C19H35O9P/c1-10(2)23-9-16-19(17(20)13(6)26-16)28-29(21,22)27-14(7)18-15(24-11(3)4)8-12(5)25-18/h10-13,15-20H,7-9H2,1-6H3,(H,21,22)/p-1/t12-,13-,15?,16+,17+,18+,19?/m0/s1. The van der Waals surface area contributed by atoms with E-state index < -0.39 is 38.3 Å². The third-order valence-electron chi connectivity index (χ3n) is 4.69. The van der Waals surface area contributed by atoms with E-state index in [0.29, 0.717) is 6.42 Å². The Balaban J connectivity index is 2.01. The van der Waals surface area contributed by atoms with E-state index in [0.717, 1.165) is 0 Å². The second kappa shape index (κ2) is 10.2. The molecule has 2 aliphatic heterocycles. The van der Waals surface area contributed by atoms with Crippen molar-refractivity contribution in [3.63, 3.8) is 0 Å². The van der Waals surface area contributed by atoms with Gasteiger partial charge in [0.15, 0.2) is 0 Å². The summed E-state index contributed by atoms with van der Waals surface area (Å²) in [5, 5.41) is 10.3. The number of ether oxygens (including phenoxy) is 4. The van der Waals surface area contributed by atoms with Crippen LogP contribution in [0.5, 0.6) is 0 Å². The van der Waals surface area contributed by atoms with Crippen LogP contribution in [0.25, 0.3) is 0 Å². The van der Waals surface area contributed by atoms with Crippen LogP contribution in [0.4, 0.5) is 0 Å². The van der Waals surface area contributed by atoms with Crippen LogP contribution in [0.1, 0.15) is 48.0 Å². The van der Waals surface area contributed by atoms with Crippen LogP contribution < -0.4 is 4.89 Å². The molecule has 29 heavy (non-hydrogen) atoms. The Kier molecular flexibility index (Phi) is 8.71. The van der Waals surface area contributed by atoms with Gasteiger partial charge in [0.05, 0.1) is 37.1 Å². The van der Waals surface area contributed by atoms with Gasteiger partial charge in [0.25, 0.3) is 0 Å². The number of rotatable bonds is 10. The Morgan fingerprint density at radius 2 is 1.90 bits per heavy atom. The van der Waals surface area contributed by atoms with Gasteiger partial charge in [-0.1, -0.05) is 6.58 Å². The lowest BCUT2D eigenvalue weighted by Crippen LogP contribution is -2.38. The van der Waals surface area contributed by atoms with Gasteiger partial charge in [-0.05, 0) is 41.5 Å². The number of hydrogen-bond donors (Lipinski definition) is 1. The molecule has 0 aromatic rings. The molecule has 0 aliphatic carbocycles. The lowest BCUT2D eigenvalue weighted by Gasteiger charge is -2.32. The zero-order valence-corrected chi connectivity index (χ0v) is 18.9. The predicted octanol–water partition coefficient (Wildman–Crippen LogP) is 1.91. The minimum absolute atomic E-state index is 0.0616. The minimum Gasteiger partial charge on any atom is -0.746 e. The minimum atomic E-state index is -4.86. The van der Waals surface area contributed by atoms with Gasteiger partial charge < -0.3 is 38.0 Å². The van der Waals surface area contributed by atoms with Gasteiger partial charge in [-0.3, -0.25) is 4.57 Å². The highest BCUT2D eigenvalue weighted by Crippen LogP contribution is 2.47. The van der Waals surface area contributed by atoms with E-state index in [1.54, 1.807) is 6.92 Å². The zero-order valence-electron chi connectivity index (χ0n) is 18.0. The molecule has 1 N–H and O–H groups in total. The smallest absolute Gasteiger partial charge is 0.319 e. The van der Waals surface area contributed by atoms with E-state index in [-0.39, 0.29) is 36.8 Å². The van der Waals surface area contributed by atoms with Crippen LogP contribution in [0.3, 0.4) is 0 Å². The Labute approximate surface area is 172 Å². The molecule has 0 aromatic heterocycles. The van der Waals surface area contributed by atoms with Crippen LogP contribution in [0.15, 0.2) is 12.3 Å². The molecule has 0 saturated carbocycles. The van der Waals surface area contributed by atoms with Gasteiger partial charge in [0.2, 0.25) is 0 Å². The van der Waals surface area contributed by atoms with Crippen LogP contribution in [0.2, 0.25) is 0 Å². The second-order valence-electron chi connectivity index (χ2n) is 8.15. The number of phosphoric ester groups is 1. The van der Waals surface area contributed by atoms with E-state index in [4.69, 9.17) is 28.0 Å². The fraction of sp³-hybridized carbons (Fsp3) is 0.895. The number of aliphatic hydroxyl groups excluding tert-OH is 1. The summed E-state index contributed by atoms with van der Waals surface area (Å²) in [6, 6.07) is 0. The van der Waals surface area contributed by atoms with Gasteiger partial charge >= 0.3 is 7.82 Å². The van der Waals surface area contributed by atoms with E-state index in [1.807, 2.05) is 34.6 Å². The zero-order chi connectivity index (χ0) is 21.9. The summed E-state index contributed by atoms with van der Waals surface area (Å²) in [6.45, 7) is 14.7. The lowest BCUT2D eigenvalue weighted by molar-refractivity contribution is -0.232. The average Bonchev–Trinajstić information content (AvgIpc) is 3.06. The van der Waals surface area contributed by atoms with Gasteiger partial charge in [-0.15, -0.1) is 0 Å².